The van der Waals surface area contributed by atoms with E-state index in [4.69, 9.17) is 19.4 Å². The van der Waals surface area contributed by atoms with Gasteiger partial charge >= 0.3 is 12.1 Å². The smallest absolute Gasteiger partial charge is 0.475 e. The molecule has 3 aliphatic heterocycles. The van der Waals surface area contributed by atoms with E-state index in [9.17, 15) is 18.0 Å². The molecule has 12 heteroatoms. The number of nitrogens with zero attached hydrogens (tertiary/aromatic N) is 4. The van der Waals surface area contributed by atoms with Gasteiger partial charge in [-0.15, -0.1) is 0 Å². The number of hydrogen-bond acceptors (Lipinski definition) is 7. The molecule has 4 heterocycles. The Labute approximate surface area is 177 Å². The van der Waals surface area contributed by atoms with Crippen molar-refractivity contribution < 1.29 is 37.3 Å². The maximum atomic E-state index is 12.8. The monoisotopic (exact) mass is 446 g/mol. The fourth-order valence-corrected chi connectivity index (χ4v) is 3.79. The molecule has 1 aromatic heterocycles. The van der Waals surface area contributed by atoms with Crippen LogP contribution in [0.15, 0.2) is 12.4 Å². The zero-order valence-corrected chi connectivity index (χ0v) is 17.0. The summed E-state index contributed by atoms with van der Waals surface area (Å²) in [6.07, 6.45) is 0.447. The van der Waals surface area contributed by atoms with Crippen molar-refractivity contribution in [1.29, 1.82) is 0 Å². The second-order valence-corrected chi connectivity index (χ2v) is 7.53. The molecule has 0 aliphatic carbocycles. The number of carboxylic acid groups (broad SMARTS) is 1. The van der Waals surface area contributed by atoms with Crippen LogP contribution >= 0.6 is 0 Å². The third kappa shape index (κ3) is 5.82. The Morgan fingerprint density at radius 1 is 1.19 bits per heavy atom. The van der Waals surface area contributed by atoms with Crippen LogP contribution in [0.4, 0.5) is 19.1 Å². The molecule has 4 rings (SSSR count). The normalized spacial score (nSPS) is 25.6. The number of anilines is 1. The van der Waals surface area contributed by atoms with Gasteiger partial charge in [-0.1, -0.05) is 6.92 Å². The summed E-state index contributed by atoms with van der Waals surface area (Å²) >= 11 is 0. The van der Waals surface area contributed by atoms with E-state index in [1.165, 1.54) is 0 Å². The van der Waals surface area contributed by atoms with Crippen LogP contribution in [0.5, 0.6) is 0 Å². The molecule has 0 saturated carbocycles. The molecule has 2 bridgehead atoms. The minimum absolute atomic E-state index is 0.0481. The van der Waals surface area contributed by atoms with Crippen LogP contribution in [-0.4, -0.2) is 89.6 Å². The van der Waals surface area contributed by atoms with Gasteiger partial charge in [0.05, 0.1) is 31.3 Å². The van der Waals surface area contributed by atoms with Crippen molar-refractivity contribution in [1.82, 2.24) is 14.9 Å². The second kappa shape index (κ2) is 9.77. The lowest BCUT2D eigenvalue weighted by Crippen LogP contribution is -2.48. The molecule has 3 atom stereocenters. The van der Waals surface area contributed by atoms with Crippen molar-refractivity contribution in [2.75, 3.05) is 44.3 Å². The zero-order valence-electron chi connectivity index (χ0n) is 17.0. The summed E-state index contributed by atoms with van der Waals surface area (Å²) in [7, 11) is 0. The molecule has 172 valence electrons. The number of aliphatic carboxylic acids is 1. The second-order valence-electron chi connectivity index (χ2n) is 7.53. The van der Waals surface area contributed by atoms with Crippen LogP contribution in [0.2, 0.25) is 0 Å². The summed E-state index contributed by atoms with van der Waals surface area (Å²) in [4.78, 5) is 34.7. The number of hydrogen-bond donors (Lipinski definition) is 1. The average Bonchev–Trinajstić information content (AvgIpc) is 3.07. The fourth-order valence-electron chi connectivity index (χ4n) is 3.79. The van der Waals surface area contributed by atoms with Crippen molar-refractivity contribution in [2.45, 2.75) is 38.1 Å². The number of carboxylic acids is 1. The van der Waals surface area contributed by atoms with Crippen molar-refractivity contribution in [2.24, 2.45) is 5.92 Å². The van der Waals surface area contributed by atoms with Crippen molar-refractivity contribution >= 4 is 17.8 Å². The molecule has 3 fully saturated rings. The minimum Gasteiger partial charge on any atom is -0.475 e. The summed E-state index contributed by atoms with van der Waals surface area (Å²) in [5.41, 5.74) is 1.13. The number of carbonyl (C=O) groups excluding carboxylic acids is 1. The largest absolute Gasteiger partial charge is 0.490 e. The third-order valence-electron chi connectivity index (χ3n) is 5.42. The van der Waals surface area contributed by atoms with E-state index in [0.717, 1.165) is 30.9 Å². The van der Waals surface area contributed by atoms with Gasteiger partial charge in [-0.2, -0.15) is 13.2 Å². The number of ether oxygens (including phenoxy) is 2. The molecule has 31 heavy (non-hydrogen) atoms. The van der Waals surface area contributed by atoms with Gasteiger partial charge in [-0.05, 0) is 18.4 Å². The van der Waals surface area contributed by atoms with Crippen molar-refractivity contribution in [3.8, 4) is 0 Å². The lowest BCUT2D eigenvalue weighted by molar-refractivity contribution is -0.192. The van der Waals surface area contributed by atoms with Crippen LogP contribution in [0.1, 0.15) is 18.9 Å². The van der Waals surface area contributed by atoms with E-state index >= 15 is 0 Å². The molecule has 1 amide bonds. The number of carbonyl (C=O) groups is 2. The molecule has 3 aliphatic rings. The van der Waals surface area contributed by atoms with Gasteiger partial charge in [0.15, 0.2) is 0 Å². The molecular weight excluding hydrogens is 421 g/mol. The van der Waals surface area contributed by atoms with Gasteiger partial charge < -0.3 is 24.4 Å². The molecule has 3 saturated heterocycles. The van der Waals surface area contributed by atoms with Gasteiger partial charge in [0.25, 0.3) is 0 Å². The number of aromatic nitrogens is 2. The minimum atomic E-state index is -5.08. The van der Waals surface area contributed by atoms with E-state index in [1.807, 2.05) is 17.3 Å². The van der Waals surface area contributed by atoms with E-state index in [1.54, 1.807) is 0 Å². The Morgan fingerprint density at radius 2 is 1.81 bits per heavy atom. The first kappa shape index (κ1) is 23.2. The Bertz CT molecular complexity index is 771. The molecule has 9 nitrogen and oxygen atoms in total. The van der Waals surface area contributed by atoms with Gasteiger partial charge in [0.1, 0.15) is 0 Å². The third-order valence-corrected chi connectivity index (χ3v) is 5.42. The highest BCUT2D eigenvalue weighted by Crippen LogP contribution is 2.34. The first-order chi connectivity index (χ1) is 14.7. The number of aryl methyl sites for hydroxylation is 1. The Hall–Kier alpha value is -2.47. The number of morpholine rings is 2. The number of alkyl halides is 3. The maximum Gasteiger partial charge on any atom is 0.490 e. The van der Waals surface area contributed by atoms with Gasteiger partial charge in [-0.25, -0.2) is 14.8 Å². The average molecular weight is 446 g/mol. The van der Waals surface area contributed by atoms with E-state index in [2.05, 4.69) is 21.8 Å². The highest BCUT2D eigenvalue weighted by molar-refractivity contribution is 5.80. The van der Waals surface area contributed by atoms with Gasteiger partial charge in [0, 0.05) is 38.6 Å². The molecule has 0 unspecified atom stereocenters. The first-order valence-electron chi connectivity index (χ1n) is 10.1. The number of amides is 1. The Kier molecular flexibility index (Phi) is 7.31. The van der Waals surface area contributed by atoms with E-state index in [0.29, 0.717) is 32.8 Å². The van der Waals surface area contributed by atoms with Crippen molar-refractivity contribution in [3.05, 3.63) is 18.0 Å². The Morgan fingerprint density at radius 3 is 2.35 bits per heavy atom. The highest BCUT2D eigenvalue weighted by atomic mass is 19.4. The Balaban J connectivity index is 0.000000339. The van der Waals surface area contributed by atoms with Crippen LogP contribution in [0.3, 0.4) is 0 Å². The standard InChI is InChI=1S/C17H24N4O3.C2HF3O2/c1-2-12-8-18-17(19-9-12)21-10-13-7-14(15(11-21)24-13)16(22)20-3-5-23-6-4-20;3-2(4,5)1(6)7/h8-9,13-15H,2-7,10-11H2,1H3;(H,6,7)/t13-,14+,15-;/m1./s1. The number of fused-ring (bicyclic) bond motifs is 2. The van der Waals surface area contributed by atoms with Crippen LogP contribution in [0.25, 0.3) is 0 Å². The number of halogens is 3. The fraction of sp³-hybridized carbons (Fsp3) is 0.684. The summed E-state index contributed by atoms with van der Waals surface area (Å²) < 4.78 is 43.1. The quantitative estimate of drug-likeness (QED) is 0.737. The zero-order chi connectivity index (χ0) is 22.6. The molecule has 0 aromatic carbocycles. The van der Waals surface area contributed by atoms with E-state index < -0.39 is 12.1 Å². The highest BCUT2D eigenvalue weighted by Gasteiger charge is 2.46. The van der Waals surface area contributed by atoms with E-state index in [-0.39, 0.29) is 24.0 Å². The summed E-state index contributed by atoms with van der Waals surface area (Å²) in [6.45, 7) is 6.19. The van der Waals surface area contributed by atoms with Crippen LogP contribution < -0.4 is 4.90 Å². The summed E-state index contributed by atoms with van der Waals surface area (Å²) in [5.74, 6) is -1.85. The topological polar surface area (TPSA) is 105 Å². The lowest BCUT2D eigenvalue weighted by Gasteiger charge is -2.34. The molecule has 0 radical (unpaired) electrons. The molecule has 1 aromatic rings. The first-order valence-corrected chi connectivity index (χ1v) is 10.1. The predicted molar refractivity (Wildman–Crippen MR) is 101 cm³/mol. The summed E-state index contributed by atoms with van der Waals surface area (Å²) in [5, 5.41) is 7.12. The van der Waals surface area contributed by atoms with Gasteiger partial charge in [0.2, 0.25) is 11.9 Å². The predicted octanol–water partition coefficient (Wildman–Crippen LogP) is 1.12. The van der Waals surface area contributed by atoms with Crippen LogP contribution in [0, 0.1) is 5.92 Å². The van der Waals surface area contributed by atoms with Crippen LogP contribution in [-0.2, 0) is 25.5 Å². The molecule has 0 spiro atoms. The van der Waals surface area contributed by atoms with Crippen molar-refractivity contribution in [3.63, 3.8) is 0 Å². The molecular formula is C19H25F3N4O5. The SMILES string of the molecule is CCc1cnc(N2C[C@H]3C[C@H](C(=O)N4CCOCC4)[C@@H](C2)O3)nc1.O=C(O)C(F)(F)F. The van der Waals surface area contributed by atoms with Gasteiger partial charge in [-0.3, -0.25) is 4.79 Å². The maximum absolute atomic E-state index is 12.8. The lowest BCUT2D eigenvalue weighted by atomic mass is 9.98. The number of rotatable bonds is 3. The molecule has 1 N–H and O–H groups in total. The summed E-state index contributed by atoms with van der Waals surface area (Å²) in [6, 6.07) is 0.